The van der Waals surface area contributed by atoms with Crippen LogP contribution >= 0.6 is 15.9 Å². The Morgan fingerprint density at radius 3 is 2.50 bits per heavy atom. The van der Waals surface area contributed by atoms with E-state index in [0.717, 1.165) is 29.7 Å². The van der Waals surface area contributed by atoms with Crippen LogP contribution in [0.2, 0.25) is 0 Å². The molecule has 4 heteroatoms. The maximum atomic E-state index is 5.49. The van der Waals surface area contributed by atoms with Crippen LogP contribution in [0.4, 0.5) is 0 Å². The molecule has 0 aromatic heterocycles. The predicted octanol–water partition coefficient (Wildman–Crippen LogP) is 2.73. The summed E-state index contributed by atoms with van der Waals surface area (Å²) in [5.41, 5.74) is 1.07. The third kappa shape index (κ3) is 2.94. The molecule has 2 nitrogen and oxygen atoms in total. The minimum absolute atomic E-state index is 0. The van der Waals surface area contributed by atoms with Gasteiger partial charge in [-0.2, -0.15) is 0 Å². The largest absolute Gasteiger partial charge is 2.00 e. The van der Waals surface area contributed by atoms with Crippen LogP contribution in [0.15, 0.2) is 28.7 Å². The fourth-order valence-electron chi connectivity index (χ4n) is 1.33. The number of halogens is 1. The zero-order valence-corrected chi connectivity index (χ0v) is 10.9. The standard InChI is InChI=1S/C10H11BrO2.Mg.2H/c11-9-5-2-1-4-8(9)10-12-6-3-7-13-10;;;/h1-2,4-5,10H,3,6-7H2;;;/q;+2;2*-1. The van der Waals surface area contributed by atoms with Gasteiger partial charge < -0.3 is 12.3 Å². The van der Waals surface area contributed by atoms with Crippen molar-refractivity contribution in [2.45, 2.75) is 12.7 Å². The third-order valence-corrected chi connectivity index (χ3v) is 2.71. The maximum absolute atomic E-state index is 5.49. The summed E-state index contributed by atoms with van der Waals surface area (Å²) < 4.78 is 12.0. The van der Waals surface area contributed by atoms with Crippen molar-refractivity contribution in [2.24, 2.45) is 0 Å². The van der Waals surface area contributed by atoms with Gasteiger partial charge in [-0.05, 0) is 12.5 Å². The first-order valence-corrected chi connectivity index (χ1v) is 5.15. The molecule has 0 aliphatic carbocycles. The predicted molar refractivity (Wildman–Crippen MR) is 61.4 cm³/mol. The van der Waals surface area contributed by atoms with Crippen molar-refractivity contribution in [1.82, 2.24) is 0 Å². The Morgan fingerprint density at radius 1 is 1.21 bits per heavy atom. The summed E-state index contributed by atoms with van der Waals surface area (Å²) in [5.74, 6) is 0. The summed E-state index contributed by atoms with van der Waals surface area (Å²) in [6, 6.07) is 7.98. The molecule has 2 rings (SSSR count). The van der Waals surface area contributed by atoms with Crippen LogP contribution in [0, 0.1) is 0 Å². The zero-order chi connectivity index (χ0) is 9.10. The summed E-state index contributed by atoms with van der Waals surface area (Å²) in [7, 11) is 0. The van der Waals surface area contributed by atoms with E-state index in [4.69, 9.17) is 9.47 Å². The second-order valence-electron chi connectivity index (χ2n) is 2.95. The Labute approximate surface area is 111 Å². The topological polar surface area (TPSA) is 18.5 Å². The summed E-state index contributed by atoms with van der Waals surface area (Å²) in [5, 5.41) is 0. The molecule has 1 aliphatic rings. The van der Waals surface area contributed by atoms with Gasteiger partial charge in [0.15, 0.2) is 6.29 Å². The molecule has 0 N–H and O–H groups in total. The van der Waals surface area contributed by atoms with E-state index in [1.54, 1.807) is 0 Å². The smallest absolute Gasteiger partial charge is 1.00 e. The van der Waals surface area contributed by atoms with Gasteiger partial charge in [-0.3, -0.25) is 0 Å². The first-order chi connectivity index (χ1) is 6.38. The molecule has 0 amide bonds. The van der Waals surface area contributed by atoms with Crippen LogP contribution in [-0.4, -0.2) is 36.3 Å². The van der Waals surface area contributed by atoms with Crippen molar-refractivity contribution in [3.63, 3.8) is 0 Å². The summed E-state index contributed by atoms with van der Waals surface area (Å²) in [4.78, 5) is 0. The molecular formula is C10H13BrMgO2. The van der Waals surface area contributed by atoms with Crippen molar-refractivity contribution < 1.29 is 12.3 Å². The first-order valence-electron chi connectivity index (χ1n) is 4.35. The second-order valence-corrected chi connectivity index (χ2v) is 3.80. The molecule has 1 aromatic carbocycles. The summed E-state index contributed by atoms with van der Waals surface area (Å²) in [6.45, 7) is 1.57. The molecule has 0 radical (unpaired) electrons. The van der Waals surface area contributed by atoms with Gasteiger partial charge in [0.1, 0.15) is 0 Å². The number of benzene rings is 1. The van der Waals surface area contributed by atoms with Gasteiger partial charge in [0.05, 0.1) is 13.2 Å². The van der Waals surface area contributed by atoms with Crippen LogP contribution in [0.25, 0.3) is 0 Å². The number of hydrogen-bond acceptors (Lipinski definition) is 2. The molecule has 1 aromatic rings. The average molecular weight is 269 g/mol. The van der Waals surface area contributed by atoms with Gasteiger partial charge in [0.25, 0.3) is 0 Å². The van der Waals surface area contributed by atoms with Crippen molar-refractivity contribution in [3.8, 4) is 0 Å². The summed E-state index contributed by atoms with van der Waals surface area (Å²) >= 11 is 3.47. The molecule has 74 valence electrons. The van der Waals surface area contributed by atoms with E-state index in [-0.39, 0.29) is 32.2 Å². The van der Waals surface area contributed by atoms with Gasteiger partial charge in [0, 0.05) is 10.0 Å². The SMILES string of the molecule is Brc1ccccc1C1OCCCO1.[H-].[H-].[Mg+2]. The Bertz CT molecular complexity index is 296. The minimum Gasteiger partial charge on any atom is -1.00 e. The molecule has 0 unspecified atom stereocenters. The summed E-state index contributed by atoms with van der Waals surface area (Å²) in [6.07, 6.45) is 0.797. The van der Waals surface area contributed by atoms with E-state index in [1.165, 1.54) is 0 Å². The molecule has 0 bridgehead atoms. The van der Waals surface area contributed by atoms with Gasteiger partial charge in [-0.25, -0.2) is 0 Å². The Kier molecular flexibility index (Phi) is 5.40. The van der Waals surface area contributed by atoms with Crippen molar-refractivity contribution >= 4 is 39.0 Å². The molecule has 1 heterocycles. The molecule has 0 atom stereocenters. The maximum Gasteiger partial charge on any atom is 2.00 e. The van der Waals surface area contributed by atoms with Gasteiger partial charge in [-0.15, -0.1) is 0 Å². The van der Waals surface area contributed by atoms with E-state index in [1.807, 2.05) is 24.3 Å². The normalized spacial score (nSPS) is 17.5. The number of hydrogen-bond donors (Lipinski definition) is 0. The molecule has 1 fully saturated rings. The molecule has 0 saturated carbocycles. The monoisotopic (exact) mass is 268 g/mol. The van der Waals surface area contributed by atoms with Crippen LogP contribution in [0.3, 0.4) is 0 Å². The molecule has 1 aliphatic heterocycles. The van der Waals surface area contributed by atoms with Gasteiger partial charge >= 0.3 is 23.1 Å². The fourth-order valence-corrected chi connectivity index (χ4v) is 1.81. The quantitative estimate of drug-likeness (QED) is 0.730. The zero-order valence-electron chi connectivity index (χ0n) is 9.91. The second kappa shape index (κ2) is 6.08. The Morgan fingerprint density at radius 2 is 1.86 bits per heavy atom. The van der Waals surface area contributed by atoms with Crippen LogP contribution < -0.4 is 0 Å². The molecule has 1 saturated heterocycles. The molecule has 0 spiro atoms. The first kappa shape index (κ1) is 12.5. The Hall–Kier alpha value is 0.386. The average Bonchev–Trinajstić information content (AvgIpc) is 2.20. The third-order valence-electron chi connectivity index (χ3n) is 1.99. The van der Waals surface area contributed by atoms with Crippen molar-refractivity contribution in [1.29, 1.82) is 0 Å². The van der Waals surface area contributed by atoms with E-state index in [0.29, 0.717) is 0 Å². The van der Waals surface area contributed by atoms with Gasteiger partial charge in [0.2, 0.25) is 0 Å². The van der Waals surface area contributed by atoms with Crippen LogP contribution in [-0.2, 0) is 9.47 Å². The van der Waals surface area contributed by atoms with E-state index in [9.17, 15) is 0 Å². The molecular weight excluding hydrogens is 256 g/mol. The van der Waals surface area contributed by atoms with Crippen molar-refractivity contribution in [3.05, 3.63) is 34.3 Å². The fraction of sp³-hybridized carbons (Fsp3) is 0.400. The van der Waals surface area contributed by atoms with Crippen molar-refractivity contribution in [2.75, 3.05) is 13.2 Å². The van der Waals surface area contributed by atoms with E-state index >= 15 is 0 Å². The Balaban J connectivity index is 0. The van der Waals surface area contributed by atoms with E-state index in [2.05, 4.69) is 15.9 Å². The minimum atomic E-state index is -0.190. The number of ether oxygens (including phenoxy) is 2. The van der Waals surface area contributed by atoms with Crippen LogP contribution in [0.5, 0.6) is 0 Å². The van der Waals surface area contributed by atoms with Gasteiger partial charge in [-0.1, -0.05) is 34.1 Å². The molecule has 14 heavy (non-hydrogen) atoms. The number of rotatable bonds is 1. The van der Waals surface area contributed by atoms with Crippen LogP contribution in [0.1, 0.15) is 21.1 Å². The van der Waals surface area contributed by atoms with E-state index < -0.39 is 0 Å².